The molecule has 1 amide bonds. The number of nitrogens with zero attached hydrogens (tertiary/aromatic N) is 2. The summed E-state index contributed by atoms with van der Waals surface area (Å²) in [5.74, 6) is 0.782. The zero-order chi connectivity index (χ0) is 13.0. The van der Waals surface area contributed by atoms with Gasteiger partial charge in [0.25, 0.3) is 0 Å². The van der Waals surface area contributed by atoms with Gasteiger partial charge in [-0.25, -0.2) is 9.97 Å². The number of thioether (sulfide) groups is 1. The van der Waals surface area contributed by atoms with Crippen LogP contribution < -0.4 is 11.1 Å². The number of hydrogen-bond acceptors (Lipinski definition) is 6. The maximum Gasteiger partial charge on any atom is 0.230 e. The molecule has 3 N–H and O–H groups in total. The van der Waals surface area contributed by atoms with Crippen LogP contribution >= 0.6 is 23.1 Å². The second kappa shape index (κ2) is 6.01. The fourth-order valence-electron chi connectivity index (χ4n) is 1.37. The molecular weight excluding hydrogens is 268 g/mol. The van der Waals surface area contributed by atoms with Crippen molar-refractivity contribution in [3.63, 3.8) is 0 Å². The lowest BCUT2D eigenvalue weighted by Crippen LogP contribution is -2.25. The van der Waals surface area contributed by atoms with Crippen LogP contribution in [0.3, 0.4) is 0 Å². The van der Waals surface area contributed by atoms with E-state index in [2.05, 4.69) is 15.3 Å². The van der Waals surface area contributed by atoms with E-state index in [4.69, 9.17) is 5.73 Å². The molecule has 5 nitrogen and oxygen atoms in total. The number of carbonyl (C=O) groups excluding carboxylic acids is 1. The van der Waals surface area contributed by atoms with Gasteiger partial charge in [-0.1, -0.05) is 18.7 Å². The van der Waals surface area contributed by atoms with Gasteiger partial charge in [-0.15, -0.1) is 11.3 Å². The van der Waals surface area contributed by atoms with Crippen LogP contribution in [0.4, 0.5) is 5.82 Å². The predicted octanol–water partition coefficient (Wildman–Crippen LogP) is 1.89. The molecule has 0 aliphatic rings. The summed E-state index contributed by atoms with van der Waals surface area (Å²) < 4.78 is 0. The van der Waals surface area contributed by atoms with E-state index in [0.717, 1.165) is 16.6 Å². The summed E-state index contributed by atoms with van der Waals surface area (Å²) in [5, 5.41) is 6.16. The minimum Gasteiger partial charge on any atom is -0.383 e. The lowest BCUT2D eigenvalue weighted by Gasteiger charge is -2.03. The van der Waals surface area contributed by atoms with Gasteiger partial charge in [-0.2, -0.15) is 0 Å². The predicted molar refractivity (Wildman–Crippen MR) is 75.9 cm³/mol. The Morgan fingerprint density at radius 3 is 3.17 bits per heavy atom. The molecule has 0 aromatic carbocycles. The maximum atomic E-state index is 11.5. The van der Waals surface area contributed by atoms with Crippen LogP contribution in [-0.2, 0) is 4.79 Å². The lowest BCUT2D eigenvalue weighted by atomic mass is 10.4. The van der Waals surface area contributed by atoms with Crippen molar-refractivity contribution in [3.05, 3.63) is 11.4 Å². The second-order valence-corrected chi connectivity index (χ2v) is 5.51. The Balaban J connectivity index is 2.01. The van der Waals surface area contributed by atoms with Crippen molar-refractivity contribution in [2.24, 2.45) is 0 Å². The number of rotatable bonds is 5. The van der Waals surface area contributed by atoms with Crippen LogP contribution in [-0.4, -0.2) is 28.2 Å². The first-order chi connectivity index (χ1) is 8.70. The monoisotopic (exact) mass is 282 g/mol. The Morgan fingerprint density at radius 1 is 1.56 bits per heavy atom. The molecular formula is C11H14N4OS2. The van der Waals surface area contributed by atoms with E-state index in [1.165, 1.54) is 23.1 Å². The summed E-state index contributed by atoms with van der Waals surface area (Å²) in [6.45, 7) is 2.72. The lowest BCUT2D eigenvalue weighted by molar-refractivity contribution is -0.118. The van der Waals surface area contributed by atoms with E-state index in [1.54, 1.807) is 0 Å². The largest absolute Gasteiger partial charge is 0.383 e. The van der Waals surface area contributed by atoms with Crippen molar-refractivity contribution >= 4 is 45.0 Å². The fourth-order valence-corrected chi connectivity index (χ4v) is 2.88. The molecule has 0 atom stereocenters. The molecule has 2 rings (SSSR count). The highest BCUT2D eigenvalue weighted by Gasteiger charge is 2.08. The molecule has 0 aliphatic heterocycles. The molecule has 2 aromatic heterocycles. The minimum atomic E-state index is -0.00435. The third kappa shape index (κ3) is 3.11. The second-order valence-electron chi connectivity index (χ2n) is 3.67. The Labute approximate surface area is 113 Å². The van der Waals surface area contributed by atoms with Crippen molar-refractivity contribution < 1.29 is 4.79 Å². The molecule has 7 heteroatoms. The number of hydrogen-bond donors (Lipinski definition) is 2. The van der Waals surface area contributed by atoms with E-state index < -0.39 is 0 Å². The molecule has 0 aliphatic carbocycles. The standard InChI is InChI=1S/C11H14N4OS2/c1-2-4-13-8(16)6-18-11-14-9(12)7-3-5-17-10(7)15-11/h3,5H,2,4,6H2,1H3,(H,13,16)(H2,12,14,15). The van der Waals surface area contributed by atoms with Crippen molar-refractivity contribution in [2.75, 3.05) is 18.0 Å². The van der Waals surface area contributed by atoms with Crippen LogP contribution in [0.1, 0.15) is 13.3 Å². The number of anilines is 1. The first-order valence-electron chi connectivity index (χ1n) is 5.61. The molecule has 0 bridgehead atoms. The van der Waals surface area contributed by atoms with Crippen molar-refractivity contribution in [3.8, 4) is 0 Å². The molecule has 0 unspecified atom stereocenters. The highest BCUT2D eigenvalue weighted by molar-refractivity contribution is 7.99. The van der Waals surface area contributed by atoms with Crippen LogP contribution in [0.25, 0.3) is 10.2 Å². The minimum absolute atomic E-state index is 0.00435. The van der Waals surface area contributed by atoms with Crippen LogP contribution in [0.15, 0.2) is 16.6 Å². The van der Waals surface area contributed by atoms with E-state index in [0.29, 0.717) is 23.3 Å². The van der Waals surface area contributed by atoms with E-state index in [1.807, 2.05) is 18.4 Å². The summed E-state index contributed by atoms with van der Waals surface area (Å²) in [6, 6.07) is 1.90. The van der Waals surface area contributed by atoms with Gasteiger partial charge in [-0.3, -0.25) is 4.79 Å². The SMILES string of the molecule is CCCNC(=O)CSc1nc(N)c2ccsc2n1. The first-order valence-corrected chi connectivity index (χ1v) is 7.47. The van der Waals surface area contributed by atoms with E-state index in [9.17, 15) is 4.79 Å². The third-order valence-electron chi connectivity index (χ3n) is 2.24. The van der Waals surface area contributed by atoms with Gasteiger partial charge >= 0.3 is 0 Å². The smallest absolute Gasteiger partial charge is 0.230 e. The average Bonchev–Trinajstić information content (AvgIpc) is 2.82. The Kier molecular flexibility index (Phi) is 4.38. The van der Waals surface area contributed by atoms with Crippen molar-refractivity contribution in [1.29, 1.82) is 0 Å². The molecule has 0 saturated carbocycles. The molecule has 18 heavy (non-hydrogen) atoms. The molecule has 0 radical (unpaired) electrons. The number of thiophene rings is 1. The average molecular weight is 282 g/mol. The van der Waals surface area contributed by atoms with Gasteiger partial charge in [0, 0.05) is 6.54 Å². The van der Waals surface area contributed by atoms with Crippen LogP contribution in [0.2, 0.25) is 0 Å². The summed E-state index contributed by atoms with van der Waals surface area (Å²) in [4.78, 5) is 20.9. The quantitative estimate of drug-likeness (QED) is 0.646. The van der Waals surface area contributed by atoms with Crippen molar-refractivity contribution in [2.45, 2.75) is 18.5 Å². The van der Waals surface area contributed by atoms with Crippen LogP contribution in [0, 0.1) is 0 Å². The van der Waals surface area contributed by atoms with Gasteiger partial charge in [0.2, 0.25) is 5.91 Å². The number of aromatic nitrogens is 2. The van der Waals surface area contributed by atoms with Gasteiger partial charge in [0.15, 0.2) is 5.16 Å². The maximum absolute atomic E-state index is 11.5. The normalized spacial score (nSPS) is 10.7. The van der Waals surface area contributed by atoms with Gasteiger partial charge in [0.1, 0.15) is 10.6 Å². The third-order valence-corrected chi connectivity index (χ3v) is 3.89. The number of fused-ring (bicyclic) bond motifs is 1. The fraction of sp³-hybridized carbons (Fsp3) is 0.364. The zero-order valence-electron chi connectivity index (χ0n) is 9.97. The molecule has 2 aromatic rings. The highest BCUT2D eigenvalue weighted by Crippen LogP contribution is 2.25. The summed E-state index contributed by atoms with van der Waals surface area (Å²) >= 11 is 2.82. The number of nitrogen functional groups attached to an aromatic ring is 1. The van der Waals surface area contributed by atoms with Gasteiger partial charge in [0.05, 0.1) is 11.1 Å². The Bertz CT molecular complexity index is 555. The van der Waals surface area contributed by atoms with E-state index in [-0.39, 0.29) is 5.91 Å². The van der Waals surface area contributed by atoms with Gasteiger partial charge in [-0.05, 0) is 17.9 Å². The topological polar surface area (TPSA) is 80.9 Å². The Hall–Kier alpha value is -1.34. The van der Waals surface area contributed by atoms with Gasteiger partial charge < -0.3 is 11.1 Å². The molecule has 0 fully saturated rings. The van der Waals surface area contributed by atoms with E-state index >= 15 is 0 Å². The van der Waals surface area contributed by atoms with Crippen molar-refractivity contribution in [1.82, 2.24) is 15.3 Å². The molecule has 2 heterocycles. The summed E-state index contributed by atoms with van der Waals surface area (Å²) in [6.07, 6.45) is 0.932. The Morgan fingerprint density at radius 2 is 2.39 bits per heavy atom. The highest BCUT2D eigenvalue weighted by atomic mass is 32.2. The number of nitrogens with two attached hydrogens (primary N) is 1. The summed E-state index contributed by atoms with van der Waals surface area (Å²) in [7, 11) is 0. The molecule has 96 valence electrons. The first kappa shape index (κ1) is 13.1. The zero-order valence-corrected chi connectivity index (χ0v) is 11.6. The molecule has 0 spiro atoms. The number of carbonyl (C=O) groups is 1. The summed E-state index contributed by atoms with van der Waals surface area (Å²) in [5.41, 5.74) is 5.83. The number of nitrogens with one attached hydrogen (secondary N) is 1. The van der Waals surface area contributed by atoms with Crippen LogP contribution in [0.5, 0.6) is 0 Å². The molecule has 0 saturated heterocycles. The number of amides is 1.